The molecule has 72 valence electrons. The zero-order chi connectivity index (χ0) is 9.74. The summed E-state index contributed by atoms with van der Waals surface area (Å²) in [5.74, 6) is 0. The van der Waals surface area contributed by atoms with E-state index < -0.39 is 0 Å². The van der Waals surface area contributed by atoms with Crippen molar-refractivity contribution >= 4 is 0 Å². The number of hydrogen-bond donors (Lipinski definition) is 0. The van der Waals surface area contributed by atoms with Crippen LogP contribution in [0, 0.1) is 22.2 Å². The van der Waals surface area contributed by atoms with Gasteiger partial charge >= 0.3 is 0 Å². The molecule has 0 radical (unpaired) electrons. The minimum Gasteiger partial charge on any atom is -0.375 e. The van der Waals surface area contributed by atoms with Crippen molar-refractivity contribution in [2.24, 2.45) is 10.8 Å². The van der Waals surface area contributed by atoms with Gasteiger partial charge in [0.2, 0.25) is 0 Å². The second kappa shape index (κ2) is 2.27. The number of nitrogens with zero attached hydrogens (tertiary/aromatic N) is 1. The summed E-state index contributed by atoms with van der Waals surface area (Å²) < 4.78 is 5.75. The summed E-state index contributed by atoms with van der Waals surface area (Å²) in [5.41, 5.74) is 0.430. The van der Waals surface area contributed by atoms with Crippen LogP contribution >= 0.6 is 0 Å². The molecule has 0 saturated heterocycles. The number of rotatable bonds is 2. The number of nitriles is 1. The molecule has 3 saturated carbocycles. The maximum atomic E-state index is 8.83. The first kappa shape index (κ1) is 9.02. The van der Waals surface area contributed by atoms with E-state index in [9.17, 15) is 0 Å². The Bertz CT molecular complexity index is 249. The van der Waals surface area contributed by atoms with Gasteiger partial charge in [0, 0.05) is 0 Å². The van der Waals surface area contributed by atoms with Crippen LogP contribution in [0.1, 0.15) is 40.0 Å². The summed E-state index contributed by atoms with van der Waals surface area (Å²) in [6, 6.07) is 2.41. The molecule has 0 atom stereocenters. The molecule has 3 fully saturated rings. The Morgan fingerprint density at radius 2 is 1.85 bits per heavy atom. The Hall–Kier alpha value is -0.550. The molecule has 0 aliphatic heterocycles. The van der Waals surface area contributed by atoms with Gasteiger partial charge in [-0.25, -0.2) is 0 Å². The van der Waals surface area contributed by atoms with Crippen molar-refractivity contribution in [3.63, 3.8) is 0 Å². The molecule has 0 spiro atoms. The third-order valence-electron chi connectivity index (χ3n) is 3.19. The van der Waals surface area contributed by atoms with E-state index in [0.717, 1.165) is 25.9 Å². The normalized spacial score (nSPS) is 41.7. The van der Waals surface area contributed by atoms with E-state index in [1.165, 1.54) is 0 Å². The van der Waals surface area contributed by atoms with Gasteiger partial charge in [0.05, 0.1) is 23.7 Å². The molecule has 3 rings (SSSR count). The minimum absolute atomic E-state index is 0.0325. The molecule has 0 aromatic carbocycles. The van der Waals surface area contributed by atoms with Crippen molar-refractivity contribution in [1.82, 2.24) is 0 Å². The minimum atomic E-state index is -0.0325. The molecular weight excluding hydrogens is 162 g/mol. The van der Waals surface area contributed by atoms with E-state index >= 15 is 0 Å². The summed E-state index contributed by atoms with van der Waals surface area (Å²) in [6.07, 6.45) is 3.23. The zero-order valence-corrected chi connectivity index (χ0v) is 8.68. The van der Waals surface area contributed by atoms with Crippen molar-refractivity contribution < 1.29 is 4.74 Å². The summed E-state index contributed by atoms with van der Waals surface area (Å²) in [5, 5.41) is 8.83. The van der Waals surface area contributed by atoms with Crippen LogP contribution in [0.3, 0.4) is 0 Å². The lowest BCUT2D eigenvalue weighted by molar-refractivity contribution is -0.215. The van der Waals surface area contributed by atoms with E-state index in [1.54, 1.807) is 0 Å². The molecule has 0 unspecified atom stereocenters. The van der Waals surface area contributed by atoms with E-state index in [1.807, 2.05) is 0 Å². The average Bonchev–Trinajstić information content (AvgIpc) is 1.79. The van der Waals surface area contributed by atoms with Crippen molar-refractivity contribution in [1.29, 1.82) is 5.26 Å². The predicted octanol–water partition coefficient (Wildman–Crippen LogP) is 2.50. The molecule has 0 aromatic heterocycles. The number of ether oxygens (including phenoxy) is 1. The standard InChI is InChI=1S/C11H17NO/c1-9(2,3)13-8-11-4-10(5-11,6-11)7-12/h4-6,8H2,1-3H3. The van der Waals surface area contributed by atoms with Crippen LogP contribution in [0.5, 0.6) is 0 Å². The number of hydrogen-bond acceptors (Lipinski definition) is 2. The van der Waals surface area contributed by atoms with E-state index in [-0.39, 0.29) is 11.0 Å². The molecule has 0 aromatic rings. The van der Waals surface area contributed by atoms with Gasteiger partial charge in [-0.1, -0.05) is 0 Å². The molecule has 3 aliphatic carbocycles. The lowest BCUT2D eigenvalue weighted by Gasteiger charge is -2.67. The molecule has 0 N–H and O–H groups in total. The first-order chi connectivity index (χ1) is 5.89. The van der Waals surface area contributed by atoms with Crippen LogP contribution in [0.4, 0.5) is 0 Å². The summed E-state index contributed by atoms with van der Waals surface area (Å²) >= 11 is 0. The monoisotopic (exact) mass is 179 g/mol. The fourth-order valence-electron chi connectivity index (χ4n) is 2.64. The first-order valence-electron chi connectivity index (χ1n) is 4.94. The van der Waals surface area contributed by atoms with Crippen molar-refractivity contribution in [2.45, 2.75) is 45.6 Å². The summed E-state index contributed by atoms with van der Waals surface area (Å²) in [7, 11) is 0. The van der Waals surface area contributed by atoms with Gasteiger partial charge < -0.3 is 4.74 Å². The second-order valence-electron chi connectivity index (χ2n) is 5.82. The maximum absolute atomic E-state index is 8.83. The third kappa shape index (κ3) is 1.36. The van der Waals surface area contributed by atoms with Gasteiger partial charge in [-0.2, -0.15) is 5.26 Å². The fourth-order valence-corrected chi connectivity index (χ4v) is 2.64. The Balaban J connectivity index is 1.80. The molecule has 13 heavy (non-hydrogen) atoms. The molecule has 2 heteroatoms. The predicted molar refractivity (Wildman–Crippen MR) is 50.0 cm³/mol. The third-order valence-corrected chi connectivity index (χ3v) is 3.19. The maximum Gasteiger partial charge on any atom is 0.0690 e. The van der Waals surface area contributed by atoms with Crippen molar-refractivity contribution in [2.75, 3.05) is 6.61 Å². The van der Waals surface area contributed by atoms with Crippen LogP contribution in [-0.4, -0.2) is 12.2 Å². The average molecular weight is 179 g/mol. The van der Waals surface area contributed by atoms with E-state index in [2.05, 4.69) is 26.8 Å². The largest absolute Gasteiger partial charge is 0.375 e. The highest BCUT2D eigenvalue weighted by atomic mass is 16.5. The topological polar surface area (TPSA) is 33.0 Å². The Labute approximate surface area is 79.9 Å². The molecule has 2 bridgehead atoms. The molecule has 3 aliphatic rings. The fraction of sp³-hybridized carbons (Fsp3) is 0.909. The highest BCUT2D eigenvalue weighted by molar-refractivity contribution is 5.25. The molecule has 0 amide bonds. The van der Waals surface area contributed by atoms with Crippen LogP contribution in [-0.2, 0) is 4.74 Å². The second-order valence-corrected chi connectivity index (χ2v) is 5.82. The van der Waals surface area contributed by atoms with E-state index in [0.29, 0.717) is 5.41 Å². The van der Waals surface area contributed by atoms with Gasteiger partial charge in [-0.15, -0.1) is 0 Å². The first-order valence-corrected chi connectivity index (χ1v) is 4.94. The summed E-state index contributed by atoms with van der Waals surface area (Å²) in [4.78, 5) is 0. The lowest BCUT2D eigenvalue weighted by atomic mass is 9.36. The van der Waals surface area contributed by atoms with Crippen molar-refractivity contribution in [3.8, 4) is 6.07 Å². The van der Waals surface area contributed by atoms with Gasteiger partial charge in [0.15, 0.2) is 0 Å². The van der Waals surface area contributed by atoms with Gasteiger partial charge in [0.25, 0.3) is 0 Å². The quantitative estimate of drug-likeness (QED) is 0.652. The van der Waals surface area contributed by atoms with E-state index in [4.69, 9.17) is 10.00 Å². The Kier molecular flexibility index (Phi) is 1.58. The highest BCUT2D eigenvalue weighted by Crippen LogP contribution is 2.73. The Morgan fingerprint density at radius 1 is 1.31 bits per heavy atom. The van der Waals surface area contributed by atoms with Crippen LogP contribution in [0.15, 0.2) is 0 Å². The highest BCUT2D eigenvalue weighted by Gasteiger charge is 2.68. The lowest BCUT2D eigenvalue weighted by Crippen LogP contribution is -2.63. The smallest absolute Gasteiger partial charge is 0.0690 e. The van der Waals surface area contributed by atoms with Gasteiger partial charge in [0.1, 0.15) is 0 Å². The molecular formula is C11H17NO. The molecule has 0 heterocycles. The zero-order valence-electron chi connectivity index (χ0n) is 8.68. The Morgan fingerprint density at radius 3 is 2.23 bits per heavy atom. The molecule has 2 nitrogen and oxygen atoms in total. The van der Waals surface area contributed by atoms with Crippen LogP contribution in [0.2, 0.25) is 0 Å². The SMILES string of the molecule is CC(C)(C)OCC12CC(C#N)(C1)C2. The van der Waals surface area contributed by atoms with Crippen LogP contribution in [0.25, 0.3) is 0 Å². The van der Waals surface area contributed by atoms with Gasteiger partial charge in [-0.3, -0.25) is 0 Å². The van der Waals surface area contributed by atoms with Gasteiger partial charge in [-0.05, 0) is 45.4 Å². The summed E-state index contributed by atoms with van der Waals surface area (Å²) in [6.45, 7) is 7.09. The van der Waals surface area contributed by atoms with Crippen molar-refractivity contribution in [3.05, 3.63) is 0 Å². The van der Waals surface area contributed by atoms with Crippen LogP contribution < -0.4 is 0 Å².